The Hall–Kier alpha value is -2.43. The molecule has 114 valence electrons. The normalized spacial score (nSPS) is 21.1. The van der Waals surface area contributed by atoms with Crippen molar-refractivity contribution in [3.63, 3.8) is 0 Å². The Kier molecular flexibility index (Phi) is 3.35. The SMILES string of the molecule is CN1CC(C)(c2cccc(-c3ccc(F)c(F)c3)c2)NC1=N. The first-order valence-corrected chi connectivity index (χ1v) is 7.03. The third-order valence-corrected chi connectivity index (χ3v) is 4.08. The topological polar surface area (TPSA) is 39.1 Å². The summed E-state index contributed by atoms with van der Waals surface area (Å²) in [4.78, 5) is 1.84. The van der Waals surface area contributed by atoms with Crippen molar-refractivity contribution in [1.29, 1.82) is 5.41 Å². The minimum atomic E-state index is -0.852. The molecular weight excluding hydrogens is 284 g/mol. The van der Waals surface area contributed by atoms with Crippen LogP contribution in [0.4, 0.5) is 8.78 Å². The van der Waals surface area contributed by atoms with Gasteiger partial charge >= 0.3 is 0 Å². The molecule has 0 aliphatic carbocycles. The molecule has 22 heavy (non-hydrogen) atoms. The fourth-order valence-electron chi connectivity index (χ4n) is 2.83. The summed E-state index contributed by atoms with van der Waals surface area (Å²) in [6.45, 7) is 2.70. The van der Waals surface area contributed by atoms with E-state index in [1.54, 1.807) is 6.07 Å². The van der Waals surface area contributed by atoms with Crippen LogP contribution in [-0.2, 0) is 5.54 Å². The molecule has 0 spiro atoms. The van der Waals surface area contributed by atoms with Crippen LogP contribution < -0.4 is 5.32 Å². The standard InChI is InChI=1S/C17H17F2N3/c1-17(10-22(2)16(20)21-17)13-5-3-4-11(8-13)12-6-7-14(18)15(19)9-12/h3-9H,10H2,1-2H3,(H2,20,21). The lowest BCUT2D eigenvalue weighted by Crippen LogP contribution is -2.37. The van der Waals surface area contributed by atoms with Crippen molar-refractivity contribution in [3.8, 4) is 11.1 Å². The van der Waals surface area contributed by atoms with Crippen molar-refractivity contribution < 1.29 is 8.78 Å². The van der Waals surface area contributed by atoms with Crippen molar-refractivity contribution in [2.75, 3.05) is 13.6 Å². The number of benzene rings is 2. The van der Waals surface area contributed by atoms with Gasteiger partial charge in [0.25, 0.3) is 0 Å². The molecule has 3 rings (SSSR count). The molecule has 1 saturated heterocycles. The van der Waals surface area contributed by atoms with Gasteiger partial charge in [0.2, 0.25) is 0 Å². The quantitative estimate of drug-likeness (QED) is 0.893. The first-order chi connectivity index (χ1) is 10.4. The molecule has 1 fully saturated rings. The average Bonchev–Trinajstić information content (AvgIpc) is 2.76. The van der Waals surface area contributed by atoms with Crippen molar-refractivity contribution in [3.05, 3.63) is 59.7 Å². The number of halogens is 2. The van der Waals surface area contributed by atoms with Crippen LogP contribution in [-0.4, -0.2) is 24.5 Å². The molecule has 0 amide bonds. The van der Waals surface area contributed by atoms with E-state index in [4.69, 9.17) is 5.41 Å². The molecule has 2 N–H and O–H groups in total. The summed E-state index contributed by atoms with van der Waals surface area (Å²) in [5.41, 5.74) is 2.08. The summed E-state index contributed by atoms with van der Waals surface area (Å²) in [5, 5.41) is 11.0. The highest BCUT2D eigenvalue weighted by atomic mass is 19.2. The maximum Gasteiger partial charge on any atom is 0.191 e. The highest BCUT2D eigenvalue weighted by molar-refractivity contribution is 5.80. The maximum absolute atomic E-state index is 13.4. The van der Waals surface area contributed by atoms with Crippen LogP contribution in [0.15, 0.2) is 42.5 Å². The zero-order chi connectivity index (χ0) is 15.9. The molecule has 0 radical (unpaired) electrons. The van der Waals surface area contributed by atoms with Crippen molar-refractivity contribution in [2.24, 2.45) is 0 Å². The van der Waals surface area contributed by atoms with E-state index in [2.05, 4.69) is 5.32 Å². The van der Waals surface area contributed by atoms with E-state index in [0.29, 0.717) is 18.1 Å². The molecule has 1 aliphatic heterocycles. The van der Waals surface area contributed by atoms with Crippen LogP contribution in [0.2, 0.25) is 0 Å². The Morgan fingerprint density at radius 2 is 1.82 bits per heavy atom. The summed E-state index contributed by atoms with van der Waals surface area (Å²) in [6.07, 6.45) is 0. The second-order valence-electron chi connectivity index (χ2n) is 5.87. The number of hydrogen-bond donors (Lipinski definition) is 2. The zero-order valence-corrected chi connectivity index (χ0v) is 12.5. The molecule has 5 heteroatoms. The molecule has 0 bridgehead atoms. The second kappa shape index (κ2) is 5.09. The highest BCUT2D eigenvalue weighted by Crippen LogP contribution is 2.30. The molecule has 1 atom stereocenters. The Bertz CT molecular complexity index is 744. The molecule has 2 aromatic rings. The average molecular weight is 301 g/mol. The first kappa shape index (κ1) is 14.5. The summed E-state index contributed by atoms with van der Waals surface area (Å²) >= 11 is 0. The van der Waals surface area contributed by atoms with Gasteiger partial charge in [-0.3, -0.25) is 5.41 Å². The van der Waals surface area contributed by atoms with E-state index in [-0.39, 0.29) is 5.54 Å². The van der Waals surface area contributed by atoms with E-state index < -0.39 is 11.6 Å². The molecule has 3 nitrogen and oxygen atoms in total. The van der Waals surface area contributed by atoms with Gasteiger partial charge in [0.1, 0.15) is 0 Å². The minimum absolute atomic E-state index is 0.375. The molecule has 1 aliphatic rings. The van der Waals surface area contributed by atoms with E-state index in [0.717, 1.165) is 17.2 Å². The monoisotopic (exact) mass is 301 g/mol. The van der Waals surface area contributed by atoms with E-state index in [1.807, 2.05) is 43.1 Å². The van der Waals surface area contributed by atoms with Crippen molar-refractivity contribution in [2.45, 2.75) is 12.5 Å². The second-order valence-corrected chi connectivity index (χ2v) is 5.87. The number of hydrogen-bond acceptors (Lipinski definition) is 1. The molecule has 0 aromatic heterocycles. The van der Waals surface area contributed by atoms with Crippen LogP contribution in [0.25, 0.3) is 11.1 Å². The van der Waals surface area contributed by atoms with Crippen molar-refractivity contribution >= 4 is 5.96 Å². The third-order valence-electron chi connectivity index (χ3n) is 4.08. The van der Waals surface area contributed by atoms with Crippen LogP contribution >= 0.6 is 0 Å². The lowest BCUT2D eigenvalue weighted by molar-refractivity contribution is 0.404. The Morgan fingerprint density at radius 3 is 2.45 bits per heavy atom. The number of nitrogens with one attached hydrogen (secondary N) is 2. The zero-order valence-electron chi connectivity index (χ0n) is 12.5. The highest BCUT2D eigenvalue weighted by Gasteiger charge is 2.36. The minimum Gasteiger partial charge on any atom is -0.345 e. The van der Waals surface area contributed by atoms with E-state index >= 15 is 0 Å². The number of likely N-dealkylation sites (N-methyl/N-ethyl adjacent to an activating group) is 1. The van der Waals surface area contributed by atoms with Gasteiger partial charge in [0.05, 0.1) is 5.54 Å². The lowest BCUT2D eigenvalue weighted by atomic mass is 9.90. The Balaban J connectivity index is 1.99. The predicted octanol–water partition coefficient (Wildman–Crippen LogP) is 3.32. The van der Waals surface area contributed by atoms with Gasteiger partial charge in [-0.2, -0.15) is 0 Å². The number of nitrogens with zero attached hydrogens (tertiary/aromatic N) is 1. The molecule has 2 aromatic carbocycles. The Morgan fingerprint density at radius 1 is 1.09 bits per heavy atom. The lowest BCUT2D eigenvalue weighted by Gasteiger charge is -2.24. The summed E-state index contributed by atoms with van der Waals surface area (Å²) in [6, 6.07) is 11.6. The molecule has 1 heterocycles. The first-order valence-electron chi connectivity index (χ1n) is 7.03. The molecule has 1 unspecified atom stereocenters. The van der Waals surface area contributed by atoms with Crippen LogP contribution in [0.3, 0.4) is 0 Å². The van der Waals surface area contributed by atoms with Crippen molar-refractivity contribution in [1.82, 2.24) is 10.2 Å². The number of rotatable bonds is 2. The summed E-state index contributed by atoms with van der Waals surface area (Å²) in [5.74, 6) is -1.32. The van der Waals surface area contributed by atoms with E-state index in [1.165, 1.54) is 6.07 Å². The van der Waals surface area contributed by atoms with Gasteiger partial charge in [-0.25, -0.2) is 8.78 Å². The molecule has 0 saturated carbocycles. The van der Waals surface area contributed by atoms with Gasteiger partial charge in [0.15, 0.2) is 17.6 Å². The van der Waals surface area contributed by atoms with Crippen LogP contribution in [0.1, 0.15) is 12.5 Å². The van der Waals surface area contributed by atoms with Gasteiger partial charge in [-0.1, -0.05) is 24.3 Å². The third kappa shape index (κ3) is 2.43. The largest absolute Gasteiger partial charge is 0.345 e. The molecular formula is C17H17F2N3. The van der Waals surface area contributed by atoms with Crippen LogP contribution in [0, 0.1) is 17.0 Å². The van der Waals surface area contributed by atoms with Gasteiger partial charge in [0, 0.05) is 13.6 Å². The maximum atomic E-state index is 13.4. The van der Waals surface area contributed by atoms with Gasteiger partial charge in [-0.15, -0.1) is 0 Å². The predicted molar refractivity (Wildman–Crippen MR) is 82.6 cm³/mol. The summed E-state index contributed by atoms with van der Waals surface area (Å²) < 4.78 is 26.5. The summed E-state index contributed by atoms with van der Waals surface area (Å²) in [7, 11) is 1.86. The van der Waals surface area contributed by atoms with Gasteiger partial charge in [-0.05, 0) is 41.8 Å². The fourth-order valence-corrected chi connectivity index (χ4v) is 2.83. The Labute approximate surface area is 128 Å². The van der Waals surface area contributed by atoms with Gasteiger partial charge < -0.3 is 10.2 Å². The van der Waals surface area contributed by atoms with E-state index in [9.17, 15) is 8.78 Å². The fraction of sp³-hybridized carbons (Fsp3) is 0.235. The smallest absolute Gasteiger partial charge is 0.191 e. The van der Waals surface area contributed by atoms with Crippen LogP contribution in [0.5, 0.6) is 0 Å². The number of guanidine groups is 1.